The molecule has 4 N–H and O–H groups in total. The number of hydrogen-bond acceptors (Lipinski definition) is 4. The highest BCUT2D eigenvalue weighted by Crippen LogP contribution is 2.16. The Bertz CT molecular complexity index is 525. The number of carbonyl (C=O) groups excluding carboxylic acids is 3. The fourth-order valence-corrected chi connectivity index (χ4v) is 2.22. The Kier molecular flexibility index (Phi) is 7.08. The van der Waals surface area contributed by atoms with Gasteiger partial charge >= 0.3 is 5.97 Å². The van der Waals surface area contributed by atoms with Crippen molar-refractivity contribution in [3.05, 3.63) is 35.4 Å². The van der Waals surface area contributed by atoms with Gasteiger partial charge in [-0.1, -0.05) is 12.1 Å². The van der Waals surface area contributed by atoms with Gasteiger partial charge in [0.2, 0.25) is 11.8 Å². The van der Waals surface area contributed by atoms with Gasteiger partial charge in [0.05, 0.1) is 12.7 Å². The molecule has 0 aliphatic heterocycles. The molecule has 0 saturated carbocycles. The first-order chi connectivity index (χ1) is 10.4. The molecule has 1 aromatic carbocycles. The molecular formula is C16H22N2O4. The van der Waals surface area contributed by atoms with Gasteiger partial charge in [-0.05, 0) is 43.4 Å². The molecule has 0 aliphatic carbocycles. The van der Waals surface area contributed by atoms with E-state index in [0.29, 0.717) is 31.2 Å². The van der Waals surface area contributed by atoms with Crippen molar-refractivity contribution in [3.63, 3.8) is 0 Å². The summed E-state index contributed by atoms with van der Waals surface area (Å²) in [6.07, 6.45) is 2.65. The zero-order chi connectivity index (χ0) is 16.5. The highest BCUT2D eigenvalue weighted by atomic mass is 16.5. The van der Waals surface area contributed by atoms with Gasteiger partial charge in [0, 0.05) is 12.3 Å². The molecule has 0 aliphatic rings. The van der Waals surface area contributed by atoms with Crippen LogP contribution in [0.5, 0.6) is 0 Å². The molecule has 1 rings (SSSR count). The van der Waals surface area contributed by atoms with Crippen LogP contribution in [0.25, 0.3) is 0 Å². The van der Waals surface area contributed by atoms with Gasteiger partial charge in [0.1, 0.15) is 0 Å². The Morgan fingerprint density at radius 3 is 2.23 bits per heavy atom. The first-order valence-corrected chi connectivity index (χ1v) is 7.19. The fraction of sp³-hybridized carbons (Fsp3) is 0.438. The average Bonchev–Trinajstić information content (AvgIpc) is 2.49. The Hall–Kier alpha value is -2.37. The molecule has 0 saturated heterocycles. The maximum Gasteiger partial charge on any atom is 0.337 e. The minimum atomic E-state index is -0.381. The topological polar surface area (TPSA) is 112 Å². The molecule has 22 heavy (non-hydrogen) atoms. The van der Waals surface area contributed by atoms with Gasteiger partial charge in [-0.2, -0.15) is 0 Å². The maximum atomic E-state index is 11.4. The number of benzene rings is 1. The lowest BCUT2D eigenvalue weighted by Crippen LogP contribution is -2.24. The molecule has 0 fully saturated rings. The number of nitrogens with two attached hydrogens (primary N) is 2. The van der Waals surface area contributed by atoms with Gasteiger partial charge in [-0.25, -0.2) is 4.79 Å². The van der Waals surface area contributed by atoms with Gasteiger partial charge in [-0.15, -0.1) is 0 Å². The van der Waals surface area contributed by atoms with Gasteiger partial charge in [0.25, 0.3) is 0 Å². The first kappa shape index (κ1) is 17.7. The zero-order valence-electron chi connectivity index (χ0n) is 12.7. The Labute approximate surface area is 129 Å². The highest BCUT2D eigenvalue weighted by Gasteiger charge is 2.15. The molecule has 2 amide bonds. The normalized spacial score (nSPS) is 11.7. The van der Waals surface area contributed by atoms with Crippen LogP contribution < -0.4 is 11.5 Å². The number of primary amides is 2. The lowest BCUT2D eigenvalue weighted by molar-refractivity contribution is -0.123. The molecule has 1 aromatic rings. The van der Waals surface area contributed by atoms with E-state index < -0.39 is 0 Å². The predicted octanol–water partition coefficient (Wildman–Crippen LogP) is 1.16. The van der Waals surface area contributed by atoms with Crippen molar-refractivity contribution in [2.24, 2.45) is 17.4 Å². The van der Waals surface area contributed by atoms with Crippen LogP contribution in [0.2, 0.25) is 0 Å². The molecule has 120 valence electrons. The summed E-state index contributed by atoms with van der Waals surface area (Å²) in [4.78, 5) is 33.5. The van der Waals surface area contributed by atoms with E-state index in [1.54, 1.807) is 12.1 Å². The highest BCUT2D eigenvalue weighted by molar-refractivity contribution is 5.89. The zero-order valence-corrected chi connectivity index (χ0v) is 12.7. The van der Waals surface area contributed by atoms with E-state index in [9.17, 15) is 14.4 Å². The lowest BCUT2D eigenvalue weighted by atomic mass is 9.93. The molecular weight excluding hydrogens is 284 g/mol. The van der Waals surface area contributed by atoms with Crippen molar-refractivity contribution in [2.75, 3.05) is 7.11 Å². The number of amides is 2. The quantitative estimate of drug-likeness (QED) is 0.666. The van der Waals surface area contributed by atoms with E-state index in [1.165, 1.54) is 7.11 Å². The van der Waals surface area contributed by atoms with E-state index in [1.807, 2.05) is 12.1 Å². The van der Waals surface area contributed by atoms with E-state index in [0.717, 1.165) is 5.56 Å². The number of carbonyl (C=O) groups is 3. The van der Waals surface area contributed by atoms with Crippen LogP contribution >= 0.6 is 0 Å². The van der Waals surface area contributed by atoms with Crippen LogP contribution in [0.1, 0.15) is 41.6 Å². The maximum absolute atomic E-state index is 11.4. The van der Waals surface area contributed by atoms with E-state index >= 15 is 0 Å². The molecule has 6 heteroatoms. The molecule has 0 bridgehead atoms. The Morgan fingerprint density at radius 2 is 1.73 bits per heavy atom. The van der Waals surface area contributed by atoms with Crippen molar-refractivity contribution in [2.45, 2.75) is 32.1 Å². The molecule has 0 radical (unpaired) electrons. The standard InChI is InChI=1S/C16H22N2O4/c1-22-16(21)13-9-6-11(7-10-13)5-8-12(15(18)20)3-2-4-14(17)19/h6-7,9-10,12H,2-5,8H2,1H3,(H2,17,19)(H2,18,20). The number of aryl methyl sites for hydroxylation is 1. The first-order valence-electron chi connectivity index (χ1n) is 7.19. The van der Waals surface area contributed by atoms with Crippen LogP contribution in [0, 0.1) is 5.92 Å². The smallest absolute Gasteiger partial charge is 0.337 e. The van der Waals surface area contributed by atoms with Crippen molar-refractivity contribution in [3.8, 4) is 0 Å². The minimum Gasteiger partial charge on any atom is -0.465 e. The van der Waals surface area contributed by atoms with E-state index in [-0.39, 0.29) is 30.1 Å². The summed E-state index contributed by atoms with van der Waals surface area (Å²) >= 11 is 0. The summed E-state index contributed by atoms with van der Waals surface area (Å²) in [7, 11) is 1.33. The lowest BCUT2D eigenvalue weighted by Gasteiger charge is -2.12. The van der Waals surface area contributed by atoms with Crippen molar-refractivity contribution < 1.29 is 19.1 Å². The van der Waals surface area contributed by atoms with Crippen molar-refractivity contribution >= 4 is 17.8 Å². The second-order valence-corrected chi connectivity index (χ2v) is 5.19. The summed E-state index contributed by atoms with van der Waals surface area (Å²) in [6, 6.07) is 7.03. The van der Waals surface area contributed by atoms with Crippen LogP contribution in [0.15, 0.2) is 24.3 Å². The number of methoxy groups -OCH3 is 1. The van der Waals surface area contributed by atoms with E-state index in [4.69, 9.17) is 11.5 Å². The SMILES string of the molecule is COC(=O)c1ccc(CCC(CCCC(N)=O)C(N)=O)cc1. The molecule has 0 aromatic heterocycles. The summed E-state index contributed by atoms with van der Waals surface area (Å²) in [5, 5.41) is 0. The molecule has 0 spiro atoms. The van der Waals surface area contributed by atoms with Gasteiger partial charge < -0.3 is 16.2 Å². The van der Waals surface area contributed by atoms with Crippen LogP contribution in [0.3, 0.4) is 0 Å². The summed E-state index contributed by atoms with van der Waals surface area (Å²) < 4.78 is 4.63. The Balaban J connectivity index is 2.52. The van der Waals surface area contributed by atoms with Gasteiger partial charge in [-0.3, -0.25) is 9.59 Å². The third-order valence-electron chi connectivity index (χ3n) is 3.53. The molecule has 6 nitrogen and oxygen atoms in total. The number of esters is 1. The summed E-state index contributed by atoms with van der Waals surface area (Å²) in [5.74, 6) is -1.40. The molecule has 1 atom stereocenters. The van der Waals surface area contributed by atoms with Gasteiger partial charge in [0.15, 0.2) is 0 Å². The van der Waals surface area contributed by atoms with Crippen LogP contribution in [-0.4, -0.2) is 24.9 Å². The third-order valence-corrected chi connectivity index (χ3v) is 3.53. The summed E-state index contributed by atoms with van der Waals surface area (Å²) in [5.41, 5.74) is 12.0. The summed E-state index contributed by atoms with van der Waals surface area (Å²) in [6.45, 7) is 0. The third kappa shape index (κ3) is 5.95. The van der Waals surface area contributed by atoms with Crippen molar-refractivity contribution in [1.82, 2.24) is 0 Å². The average molecular weight is 306 g/mol. The number of ether oxygens (including phenoxy) is 1. The molecule has 0 heterocycles. The molecule has 1 unspecified atom stereocenters. The Morgan fingerprint density at radius 1 is 1.09 bits per heavy atom. The van der Waals surface area contributed by atoms with Crippen LogP contribution in [0.4, 0.5) is 0 Å². The second-order valence-electron chi connectivity index (χ2n) is 5.19. The largest absolute Gasteiger partial charge is 0.465 e. The monoisotopic (exact) mass is 306 g/mol. The number of rotatable bonds is 9. The second kappa shape index (κ2) is 8.81. The van der Waals surface area contributed by atoms with Crippen molar-refractivity contribution in [1.29, 1.82) is 0 Å². The number of hydrogen-bond donors (Lipinski definition) is 2. The van der Waals surface area contributed by atoms with Crippen LogP contribution in [-0.2, 0) is 20.7 Å². The predicted molar refractivity (Wildman–Crippen MR) is 81.8 cm³/mol. The minimum absolute atomic E-state index is 0.262. The fourth-order valence-electron chi connectivity index (χ4n) is 2.22. The van der Waals surface area contributed by atoms with E-state index in [2.05, 4.69) is 4.74 Å².